The number of hydrogen-bond donors (Lipinski definition) is 1. The second kappa shape index (κ2) is 5.61. The lowest BCUT2D eigenvalue weighted by Crippen LogP contribution is -1.95. The quantitative estimate of drug-likeness (QED) is 0.724. The topological polar surface area (TPSA) is 20.2 Å². The van der Waals surface area contributed by atoms with Gasteiger partial charge in [0.25, 0.3) is 0 Å². The van der Waals surface area contributed by atoms with E-state index in [1.807, 2.05) is 12.1 Å². The van der Waals surface area contributed by atoms with Crippen molar-refractivity contribution in [3.8, 4) is 0 Å². The first-order chi connectivity index (χ1) is 6.68. The molecule has 1 nitrogen and oxygen atoms in total. The molecule has 0 aliphatic heterocycles. The highest BCUT2D eigenvalue weighted by molar-refractivity contribution is 5.16. The Bertz CT molecular complexity index is 285. The minimum absolute atomic E-state index is 0.328. The van der Waals surface area contributed by atoms with E-state index in [1.54, 1.807) is 6.92 Å². The summed E-state index contributed by atoms with van der Waals surface area (Å²) in [6.45, 7) is 3.85. The van der Waals surface area contributed by atoms with E-state index in [4.69, 9.17) is 5.11 Å². The number of aliphatic hydroxyl groups is 1. The third kappa shape index (κ3) is 4.24. The highest BCUT2D eigenvalue weighted by Crippen LogP contribution is 2.09. The van der Waals surface area contributed by atoms with Crippen LogP contribution in [0.15, 0.2) is 42.0 Å². The van der Waals surface area contributed by atoms with Crippen LogP contribution in [0, 0.1) is 0 Å². The third-order valence-electron chi connectivity index (χ3n) is 2.18. The molecule has 1 aromatic carbocycles. The number of rotatable bonds is 4. The van der Waals surface area contributed by atoms with Crippen LogP contribution in [0.25, 0.3) is 0 Å². The van der Waals surface area contributed by atoms with E-state index in [2.05, 4.69) is 31.2 Å². The Morgan fingerprint density at radius 3 is 2.57 bits per heavy atom. The van der Waals surface area contributed by atoms with Gasteiger partial charge in [-0.15, -0.1) is 0 Å². The maximum absolute atomic E-state index is 9.14. The lowest BCUT2D eigenvalue weighted by atomic mass is 10.0. The van der Waals surface area contributed by atoms with Crippen LogP contribution in [0.1, 0.15) is 25.8 Å². The number of aliphatic hydroxyl groups excluding tert-OH is 1. The number of benzene rings is 1. The molecule has 0 spiro atoms. The molecule has 76 valence electrons. The molecule has 0 amide bonds. The Labute approximate surface area is 86.1 Å². The normalized spacial score (nSPS) is 14.1. The Balaban J connectivity index is 2.42. The van der Waals surface area contributed by atoms with Crippen LogP contribution < -0.4 is 0 Å². The Morgan fingerprint density at radius 2 is 2.00 bits per heavy atom. The highest BCUT2D eigenvalue weighted by Gasteiger charge is 1.95. The molecule has 0 fully saturated rings. The van der Waals surface area contributed by atoms with E-state index in [0.29, 0.717) is 0 Å². The van der Waals surface area contributed by atoms with Gasteiger partial charge < -0.3 is 5.11 Å². The Morgan fingerprint density at radius 1 is 1.36 bits per heavy atom. The van der Waals surface area contributed by atoms with Crippen LogP contribution in [0.2, 0.25) is 0 Å². The van der Waals surface area contributed by atoms with Crippen molar-refractivity contribution in [1.29, 1.82) is 0 Å². The maximum Gasteiger partial charge on any atom is 0.0695 e. The summed E-state index contributed by atoms with van der Waals surface area (Å²) in [7, 11) is 0. The van der Waals surface area contributed by atoms with Crippen molar-refractivity contribution in [1.82, 2.24) is 0 Å². The second-order valence-electron chi connectivity index (χ2n) is 3.74. The van der Waals surface area contributed by atoms with Gasteiger partial charge in [-0.25, -0.2) is 0 Å². The van der Waals surface area contributed by atoms with Gasteiger partial charge in [-0.2, -0.15) is 0 Å². The van der Waals surface area contributed by atoms with Gasteiger partial charge in [0.2, 0.25) is 0 Å². The molecule has 0 saturated heterocycles. The summed E-state index contributed by atoms with van der Waals surface area (Å²) >= 11 is 0. The molecule has 0 bridgehead atoms. The van der Waals surface area contributed by atoms with E-state index < -0.39 is 0 Å². The molecular formula is C13H18O. The predicted molar refractivity (Wildman–Crippen MR) is 60.2 cm³/mol. The summed E-state index contributed by atoms with van der Waals surface area (Å²) in [5.41, 5.74) is 2.61. The van der Waals surface area contributed by atoms with E-state index in [-0.39, 0.29) is 6.10 Å². The molecule has 0 heterocycles. The average molecular weight is 190 g/mol. The summed E-state index contributed by atoms with van der Waals surface area (Å²) < 4.78 is 0. The van der Waals surface area contributed by atoms with E-state index in [1.165, 1.54) is 11.1 Å². The molecule has 0 radical (unpaired) electrons. The van der Waals surface area contributed by atoms with Crippen LogP contribution in [-0.4, -0.2) is 11.2 Å². The standard InChI is InChI=1S/C13H18O/c1-11(10-12(2)14)8-9-13-6-4-3-5-7-13/h3-7,10,12,14H,8-9H2,1-2H3/b11-10+/t12-/m0/s1. The number of aryl methyl sites for hydroxylation is 1. The zero-order chi connectivity index (χ0) is 10.4. The van der Waals surface area contributed by atoms with Crippen LogP contribution in [0.5, 0.6) is 0 Å². The van der Waals surface area contributed by atoms with Crippen molar-refractivity contribution in [2.75, 3.05) is 0 Å². The van der Waals surface area contributed by atoms with Crippen LogP contribution in [0.4, 0.5) is 0 Å². The van der Waals surface area contributed by atoms with Gasteiger partial charge in [-0.05, 0) is 32.3 Å². The van der Waals surface area contributed by atoms with Gasteiger partial charge >= 0.3 is 0 Å². The molecule has 1 atom stereocenters. The van der Waals surface area contributed by atoms with Gasteiger partial charge in [0.05, 0.1) is 6.10 Å². The minimum Gasteiger partial charge on any atom is -0.389 e. The van der Waals surface area contributed by atoms with Gasteiger partial charge in [-0.1, -0.05) is 42.0 Å². The van der Waals surface area contributed by atoms with Crippen molar-refractivity contribution >= 4 is 0 Å². The molecule has 1 aromatic rings. The van der Waals surface area contributed by atoms with Crippen molar-refractivity contribution < 1.29 is 5.11 Å². The van der Waals surface area contributed by atoms with Crippen molar-refractivity contribution in [2.24, 2.45) is 0 Å². The number of hydrogen-bond acceptors (Lipinski definition) is 1. The summed E-state index contributed by atoms with van der Waals surface area (Å²) in [5.74, 6) is 0. The molecule has 0 aliphatic rings. The fourth-order valence-corrected chi connectivity index (χ4v) is 1.48. The minimum atomic E-state index is -0.328. The Kier molecular flexibility index (Phi) is 4.41. The van der Waals surface area contributed by atoms with Gasteiger partial charge in [0.15, 0.2) is 0 Å². The fraction of sp³-hybridized carbons (Fsp3) is 0.385. The predicted octanol–water partition coefficient (Wildman–Crippen LogP) is 2.95. The highest BCUT2D eigenvalue weighted by atomic mass is 16.3. The summed E-state index contributed by atoms with van der Waals surface area (Å²) in [6, 6.07) is 10.4. The summed E-state index contributed by atoms with van der Waals surface area (Å²) in [4.78, 5) is 0. The summed E-state index contributed by atoms with van der Waals surface area (Å²) in [6.07, 6.45) is 3.65. The van der Waals surface area contributed by atoms with Gasteiger partial charge in [-0.3, -0.25) is 0 Å². The first kappa shape index (κ1) is 11.0. The van der Waals surface area contributed by atoms with Crippen molar-refractivity contribution in [3.63, 3.8) is 0 Å². The van der Waals surface area contributed by atoms with Gasteiger partial charge in [0, 0.05) is 0 Å². The van der Waals surface area contributed by atoms with Crippen molar-refractivity contribution in [2.45, 2.75) is 32.8 Å². The molecule has 0 unspecified atom stereocenters. The molecule has 0 aromatic heterocycles. The van der Waals surface area contributed by atoms with E-state index >= 15 is 0 Å². The third-order valence-corrected chi connectivity index (χ3v) is 2.18. The molecular weight excluding hydrogens is 172 g/mol. The molecule has 1 rings (SSSR count). The molecule has 14 heavy (non-hydrogen) atoms. The lowest BCUT2D eigenvalue weighted by Gasteiger charge is -2.03. The summed E-state index contributed by atoms with van der Waals surface area (Å²) in [5, 5.41) is 9.14. The zero-order valence-corrected chi connectivity index (χ0v) is 8.90. The van der Waals surface area contributed by atoms with Crippen LogP contribution in [0.3, 0.4) is 0 Å². The largest absolute Gasteiger partial charge is 0.389 e. The first-order valence-corrected chi connectivity index (χ1v) is 5.08. The average Bonchev–Trinajstić information content (AvgIpc) is 2.15. The monoisotopic (exact) mass is 190 g/mol. The smallest absolute Gasteiger partial charge is 0.0695 e. The number of allylic oxidation sites excluding steroid dienone is 1. The molecule has 1 heteroatoms. The SMILES string of the molecule is C/C(=C\[C@H](C)O)CCc1ccccc1. The molecule has 1 N–H and O–H groups in total. The van der Waals surface area contributed by atoms with Crippen LogP contribution in [-0.2, 0) is 6.42 Å². The van der Waals surface area contributed by atoms with Crippen molar-refractivity contribution in [3.05, 3.63) is 47.5 Å². The van der Waals surface area contributed by atoms with E-state index in [9.17, 15) is 0 Å². The lowest BCUT2D eigenvalue weighted by molar-refractivity contribution is 0.243. The first-order valence-electron chi connectivity index (χ1n) is 5.08. The zero-order valence-electron chi connectivity index (χ0n) is 8.90. The van der Waals surface area contributed by atoms with Crippen LogP contribution >= 0.6 is 0 Å². The second-order valence-corrected chi connectivity index (χ2v) is 3.74. The van der Waals surface area contributed by atoms with Gasteiger partial charge in [0.1, 0.15) is 0 Å². The fourth-order valence-electron chi connectivity index (χ4n) is 1.48. The Hall–Kier alpha value is -1.08. The molecule has 0 aliphatic carbocycles. The molecule has 0 saturated carbocycles. The van der Waals surface area contributed by atoms with E-state index in [0.717, 1.165) is 12.8 Å². The maximum atomic E-state index is 9.14.